The Balaban J connectivity index is 2.89. The van der Waals surface area contributed by atoms with Crippen LogP contribution in [0.1, 0.15) is 44.7 Å². The molecule has 0 aliphatic heterocycles. The Morgan fingerprint density at radius 1 is 0.812 bits per heavy atom. The Morgan fingerprint density at radius 2 is 1.12 bits per heavy atom. The maximum atomic E-state index is 11.6. The van der Waals surface area contributed by atoms with Crippen LogP contribution >= 0.6 is 0 Å². The Bertz CT molecular complexity index is 467. The zero-order valence-electron chi connectivity index (χ0n) is 9.13. The van der Waals surface area contributed by atoms with Crippen molar-refractivity contribution in [2.45, 2.75) is 26.7 Å². The number of hydrogen-bond donors (Lipinski definition) is 2. The number of carbonyl (C=O) groups excluding carboxylic acids is 2. The number of aromatic hydroxyl groups is 2. The summed E-state index contributed by atoms with van der Waals surface area (Å²) in [4.78, 5) is 23.3. The van der Waals surface area contributed by atoms with Crippen LogP contribution in [0.15, 0.2) is 0 Å². The average molecular weight is 220 g/mol. The highest BCUT2D eigenvalue weighted by molar-refractivity contribution is 6.17. The Kier molecular flexibility index (Phi) is 2.22. The predicted molar refractivity (Wildman–Crippen MR) is 57.1 cm³/mol. The number of rotatable bonds is 0. The normalized spacial score (nSPS) is 15.1. The zero-order valence-corrected chi connectivity index (χ0v) is 9.13. The topological polar surface area (TPSA) is 74.6 Å². The number of ketones is 2. The van der Waals surface area contributed by atoms with Crippen molar-refractivity contribution in [1.82, 2.24) is 0 Å². The SMILES string of the molecule is Cc1c(C)c(O)c2c(c1O)C(=O)CCC2=O. The minimum Gasteiger partial charge on any atom is -0.507 e. The number of Topliss-reactive ketones (excluding diaryl/α,β-unsaturated/α-hetero) is 2. The van der Waals surface area contributed by atoms with Crippen molar-refractivity contribution in [3.63, 3.8) is 0 Å². The van der Waals surface area contributed by atoms with Crippen molar-refractivity contribution >= 4 is 11.6 Å². The van der Waals surface area contributed by atoms with Gasteiger partial charge >= 0.3 is 0 Å². The lowest BCUT2D eigenvalue weighted by molar-refractivity contribution is 0.0884. The second-order valence-corrected chi connectivity index (χ2v) is 4.04. The van der Waals surface area contributed by atoms with Gasteiger partial charge in [-0.25, -0.2) is 0 Å². The lowest BCUT2D eigenvalue weighted by atomic mass is 9.85. The summed E-state index contributed by atoms with van der Waals surface area (Å²) in [5.41, 5.74) is 0.854. The molecule has 0 amide bonds. The Labute approximate surface area is 92.5 Å². The predicted octanol–water partition coefficient (Wildman–Crippen LogP) is 1.87. The van der Waals surface area contributed by atoms with E-state index >= 15 is 0 Å². The molecule has 0 saturated carbocycles. The molecule has 0 unspecified atom stereocenters. The van der Waals surface area contributed by atoms with Crippen molar-refractivity contribution in [3.8, 4) is 11.5 Å². The lowest BCUT2D eigenvalue weighted by Gasteiger charge is -2.19. The van der Waals surface area contributed by atoms with Crippen LogP contribution in [0.4, 0.5) is 0 Å². The fraction of sp³-hybridized carbons (Fsp3) is 0.333. The van der Waals surface area contributed by atoms with Crippen molar-refractivity contribution in [2.24, 2.45) is 0 Å². The fourth-order valence-electron chi connectivity index (χ4n) is 1.99. The number of phenolic OH excluding ortho intramolecular Hbond substituents is 2. The molecule has 2 N–H and O–H groups in total. The second kappa shape index (κ2) is 3.33. The minimum absolute atomic E-state index is 0.0168. The molecule has 0 fully saturated rings. The van der Waals surface area contributed by atoms with E-state index < -0.39 is 0 Å². The highest BCUT2D eigenvalue weighted by Crippen LogP contribution is 2.40. The van der Waals surface area contributed by atoms with Crippen molar-refractivity contribution in [2.75, 3.05) is 0 Å². The third kappa shape index (κ3) is 1.23. The molecule has 1 aromatic rings. The van der Waals surface area contributed by atoms with Gasteiger partial charge in [0.25, 0.3) is 0 Å². The van der Waals surface area contributed by atoms with Crippen LogP contribution in [0.3, 0.4) is 0 Å². The summed E-state index contributed by atoms with van der Waals surface area (Å²) >= 11 is 0. The van der Waals surface area contributed by atoms with E-state index in [0.29, 0.717) is 11.1 Å². The van der Waals surface area contributed by atoms with Gasteiger partial charge in [0.2, 0.25) is 0 Å². The van der Waals surface area contributed by atoms with Crippen LogP contribution in [0.2, 0.25) is 0 Å². The smallest absolute Gasteiger partial charge is 0.167 e. The summed E-state index contributed by atoms with van der Waals surface area (Å²) in [5.74, 6) is -0.928. The molecule has 84 valence electrons. The van der Waals surface area contributed by atoms with E-state index in [-0.39, 0.29) is 47.0 Å². The lowest BCUT2D eigenvalue weighted by Crippen LogP contribution is -2.18. The van der Waals surface area contributed by atoms with Crippen LogP contribution in [0.5, 0.6) is 11.5 Å². The summed E-state index contributed by atoms with van der Waals surface area (Å²) in [6.45, 7) is 3.22. The summed E-state index contributed by atoms with van der Waals surface area (Å²) in [5, 5.41) is 19.7. The molecule has 0 bridgehead atoms. The number of hydrogen-bond acceptors (Lipinski definition) is 4. The number of carbonyl (C=O) groups is 2. The maximum absolute atomic E-state index is 11.6. The van der Waals surface area contributed by atoms with E-state index in [1.807, 2.05) is 0 Å². The van der Waals surface area contributed by atoms with Crippen molar-refractivity contribution < 1.29 is 19.8 Å². The molecule has 4 heteroatoms. The highest BCUT2D eigenvalue weighted by atomic mass is 16.3. The molecule has 0 radical (unpaired) electrons. The quantitative estimate of drug-likeness (QED) is 0.654. The van der Waals surface area contributed by atoms with Crippen LogP contribution in [-0.4, -0.2) is 21.8 Å². The zero-order chi connectivity index (χ0) is 12.0. The Morgan fingerprint density at radius 3 is 1.44 bits per heavy atom. The van der Waals surface area contributed by atoms with Gasteiger partial charge in [-0.05, 0) is 25.0 Å². The van der Waals surface area contributed by atoms with E-state index in [1.165, 1.54) is 0 Å². The van der Waals surface area contributed by atoms with Crippen LogP contribution < -0.4 is 0 Å². The van der Waals surface area contributed by atoms with Gasteiger partial charge in [0.05, 0.1) is 11.1 Å². The molecule has 0 heterocycles. The molecule has 1 aliphatic rings. The van der Waals surface area contributed by atoms with E-state index in [0.717, 1.165) is 0 Å². The van der Waals surface area contributed by atoms with Gasteiger partial charge < -0.3 is 10.2 Å². The fourth-order valence-corrected chi connectivity index (χ4v) is 1.99. The number of fused-ring (bicyclic) bond motifs is 1. The largest absolute Gasteiger partial charge is 0.507 e. The van der Waals surface area contributed by atoms with Gasteiger partial charge in [0.1, 0.15) is 11.5 Å². The standard InChI is InChI=1S/C12H12O4/c1-5-6(2)12(16)10-8(14)4-3-7(13)9(10)11(5)15/h15-16H,3-4H2,1-2H3. The maximum Gasteiger partial charge on any atom is 0.167 e. The third-order valence-electron chi connectivity index (χ3n) is 3.13. The molecule has 4 nitrogen and oxygen atoms in total. The van der Waals surface area contributed by atoms with Gasteiger partial charge in [0.15, 0.2) is 11.6 Å². The third-order valence-corrected chi connectivity index (χ3v) is 3.13. The Hall–Kier alpha value is -1.84. The number of phenols is 2. The molecule has 0 spiro atoms. The first kappa shape index (κ1) is 10.7. The molecular formula is C12H12O4. The number of benzene rings is 1. The molecule has 0 saturated heterocycles. The monoisotopic (exact) mass is 220 g/mol. The molecule has 1 aromatic carbocycles. The van der Waals surface area contributed by atoms with Crippen LogP contribution in [-0.2, 0) is 0 Å². The molecule has 16 heavy (non-hydrogen) atoms. The summed E-state index contributed by atoms with van der Waals surface area (Å²) < 4.78 is 0. The van der Waals surface area contributed by atoms with Crippen LogP contribution in [0.25, 0.3) is 0 Å². The minimum atomic E-state index is -0.287. The molecule has 0 atom stereocenters. The molecule has 1 aliphatic carbocycles. The van der Waals surface area contributed by atoms with E-state index in [1.54, 1.807) is 13.8 Å². The van der Waals surface area contributed by atoms with Gasteiger partial charge in [-0.2, -0.15) is 0 Å². The van der Waals surface area contributed by atoms with E-state index in [2.05, 4.69) is 0 Å². The highest BCUT2D eigenvalue weighted by Gasteiger charge is 2.31. The van der Waals surface area contributed by atoms with Gasteiger partial charge in [0, 0.05) is 12.8 Å². The first-order chi connectivity index (χ1) is 7.45. The van der Waals surface area contributed by atoms with E-state index in [9.17, 15) is 19.8 Å². The van der Waals surface area contributed by atoms with Gasteiger partial charge in [-0.3, -0.25) is 9.59 Å². The van der Waals surface area contributed by atoms with E-state index in [4.69, 9.17) is 0 Å². The molecule has 2 rings (SSSR count). The van der Waals surface area contributed by atoms with Crippen molar-refractivity contribution in [1.29, 1.82) is 0 Å². The van der Waals surface area contributed by atoms with Gasteiger partial charge in [-0.1, -0.05) is 0 Å². The first-order valence-electron chi connectivity index (χ1n) is 5.06. The summed E-state index contributed by atoms with van der Waals surface area (Å²) in [6.07, 6.45) is 0.197. The summed E-state index contributed by atoms with van der Waals surface area (Å²) in [7, 11) is 0. The van der Waals surface area contributed by atoms with Crippen molar-refractivity contribution in [3.05, 3.63) is 22.3 Å². The second-order valence-electron chi connectivity index (χ2n) is 4.04. The van der Waals surface area contributed by atoms with Crippen LogP contribution in [0, 0.1) is 13.8 Å². The summed E-state index contributed by atoms with van der Waals surface area (Å²) in [6, 6.07) is 0. The molecular weight excluding hydrogens is 208 g/mol. The molecule has 0 aromatic heterocycles. The first-order valence-corrected chi connectivity index (χ1v) is 5.06. The van der Waals surface area contributed by atoms with Gasteiger partial charge in [-0.15, -0.1) is 0 Å². The average Bonchev–Trinajstić information content (AvgIpc) is 2.26.